The number of para-hydroxylation sites is 1. The van der Waals surface area contributed by atoms with Crippen molar-refractivity contribution < 1.29 is 0 Å². The van der Waals surface area contributed by atoms with Gasteiger partial charge in [-0.1, -0.05) is 127 Å². The molecule has 3 heterocycles. The molecule has 0 aliphatic rings. The molecule has 4 nitrogen and oxygen atoms in total. The van der Waals surface area contributed by atoms with E-state index >= 15 is 0 Å². The van der Waals surface area contributed by atoms with Crippen LogP contribution >= 0.6 is 11.3 Å². The van der Waals surface area contributed by atoms with Crippen LogP contribution < -0.4 is 0 Å². The molecule has 0 fully saturated rings. The molecule has 0 aliphatic heterocycles. The molecule has 0 N–H and O–H groups in total. The average Bonchev–Trinajstić information content (AvgIpc) is 3.78. The Morgan fingerprint density at radius 3 is 1.81 bits per heavy atom. The fraction of sp³-hybridized carbons (Fsp3) is 0. The molecule has 0 aliphatic carbocycles. The second-order valence-electron chi connectivity index (χ2n) is 13.6. The van der Waals surface area contributed by atoms with E-state index in [0.29, 0.717) is 17.5 Å². The second kappa shape index (κ2) is 12.3. The molecule has 54 heavy (non-hydrogen) atoms. The number of hydrogen-bond acceptors (Lipinski definition) is 4. The molecule has 3 aromatic heterocycles. The van der Waals surface area contributed by atoms with Crippen LogP contribution in [0.15, 0.2) is 182 Å². The summed E-state index contributed by atoms with van der Waals surface area (Å²) in [5.41, 5.74) is 8.52. The Labute approximate surface area is 315 Å². The van der Waals surface area contributed by atoms with E-state index in [1.54, 1.807) is 11.3 Å². The van der Waals surface area contributed by atoms with Gasteiger partial charge < -0.3 is 4.57 Å². The van der Waals surface area contributed by atoms with Crippen molar-refractivity contribution in [1.82, 2.24) is 19.5 Å². The minimum absolute atomic E-state index is 0.633. The zero-order chi connectivity index (χ0) is 35.6. The van der Waals surface area contributed by atoms with E-state index in [2.05, 4.69) is 180 Å². The maximum atomic E-state index is 5.25. The highest BCUT2D eigenvalue weighted by Gasteiger charge is 2.19. The van der Waals surface area contributed by atoms with Crippen molar-refractivity contribution in [3.05, 3.63) is 182 Å². The summed E-state index contributed by atoms with van der Waals surface area (Å²) < 4.78 is 4.83. The van der Waals surface area contributed by atoms with Crippen LogP contribution in [0.5, 0.6) is 0 Å². The van der Waals surface area contributed by atoms with Gasteiger partial charge in [-0.2, -0.15) is 0 Å². The van der Waals surface area contributed by atoms with Gasteiger partial charge in [0.15, 0.2) is 17.5 Å². The lowest BCUT2D eigenvalue weighted by Crippen LogP contribution is -2.01. The Bertz CT molecular complexity index is 3210. The number of rotatable bonds is 5. The molecule has 0 saturated heterocycles. The van der Waals surface area contributed by atoms with Gasteiger partial charge in [-0.3, -0.25) is 0 Å². The number of thiophene rings is 1. The first-order valence-electron chi connectivity index (χ1n) is 18.1. The van der Waals surface area contributed by atoms with Crippen LogP contribution in [0.1, 0.15) is 0 Å². The Kier molecular flexibility index (Phi) is 7.00. The molecule has 0 saturated carbocycles. The molecule has 11 aromatic rings. The molecule has 0 spiro atoms. The largest absolute Gasteiger partial charge is 0.309 e. The van der Waals surface area contributed by atoms with E-state index in [1.165, 1.54) is 52.8 Å². The summed E-state index contributed by atoms with van der Waals surface area (Å²) in [6.45, 7) is 0. The van der Waals surface area contributed by atoms with Crippen molar-refractivity contribution in [1.29, 1.82) is 0 Å². The summed E-state index contributed by atoms with van der Waals surface area (Å²) in [6.07, 6.45) is 0. The first-order chi connectivity index (χ1) is 26.8. The third kappa shape index (κ3) is 4.94. The number of hydrogen-bond donors (Lipinski definition) is 0. The summed E-state index contributed by atoms with van der Waals surface area (Å²) in [4.78, 5) is 15.7. The Hall–Kier alpha value is -6.95. The normalized spacial score (nSPS) is 11.7. The summed E-state index contributed by atoms with van der Waals surface area (Å²) >= 11 is 1.80. The van der Waals surface area contributed by atoms with Gasteiger partial charge in [-0.05, 0) is 76.5 Å². The van der Waals surface area contributed by atoms with Gasteiger partial charge in [0, 0.05) is 53.3 Å². The molecule has 0 atom stereocenters. The topological polar surface area (TPSA) is 43.6 Å². The highest BCUT2D eigenvalue weighted by atomic mass is 32.1. The number of nitrogens with zero attached hydrogens (tertiary/aromatic N) is 4. The van der Waals surface area contributed by atoms with Gasteiger partial charge in [-0.15, -0.1) is 11.3 Å². The molecular weight excluding hydrogens is 677 g/mol. The predicted octanol–water partition coefficient (Wildman–Crippen LogP) is 13.2. The van der Waals surface area contributed by atoms with Gasteiger partial charge >= 0.3 is 0 Å². The number of fused-ring (bicyclic) bond motifs is 7. The van der Waals surface area contributed by atoms with Crippen molar-refractivity contribution in [2.24, 2.45) is 0 Å². The summed E-state index contributed by atoms with van der Waals surface area (Å²) in [5.74, 6) is 1.93. The van der Waals surface area contributed by atoms with Gasteiger partial charge in [-0.25, -0.2) is 15.0 Å². The van der Waals surface area contributed by atoms with Gasteiger partial charge in [0.05, 0.1) is 11.0 Å². The highest BCUT2D eigenvalue weighted by molar-refractivity contribution is 7.25. The van der Waals surface area contributed by atoms with Crippen molar-refractivity contribution >= 4 is 64.1 Å². The lowest BCUT2D eigenvalue weighted by atomic mass is 9.99. The van der Waals surface area contributed by atoms with Crippen molar-refractivity contribution in [2.45, 2.75) is 0 Å². The smallest absolute Gasteiger partial charge is 0.164 e. The van der Waals surface area contributed by atoms with Crippen LogP contribution in [-0.4, -0.2) is 19.5 Å². The first kappa shape index (κ1) is 30.7. The number of aromatic nitrogens is 4. The minimum atomic E-state index is 0.633. The van der Waals surface area contributed by atoms with Crippen LogP contribution in [0, 0.1) is 0 Å². The molecule has 11 rings (SSSR count). The van der Waals surface area contributed by atoms with Crippen LogP contribution in [0.2, 0.25) is 0 Å². The first-order valence-corrected chi connectivity index (χ1v) is 18.9. The zero-order valence-corrected chi connectivity index (χ0v) is 29.8. The van der Waals surface area contributed by atoms with Crippen LogP contribution in [0.25, 0.3) is 104 Å². The SMILES string of the molecule is c1ccc(-c2ccccc2-c2nc(-c3ccc(-n4c5ccccc5c5cc6ccccc6cc54)cc3)nc(-c3cccc4sc5ccccc5c34)n2)cc1. The average molecular weight is 707 g/mol. The molecule has 5 heteroatoms. The van der Waals surface area contributed by atoms with E-state index in [0.717, 1.165) is 33.5 Å². The minimum Gasteiger partial charge on any atom is -0.309 e. The maximum Gasteiger partial charge on any atom is 0.164 e. The fourth-order valence-corrected chi connectivity index (χ4v) is 9.08. The van der Waals surface area contributed by atoms with Gasteiger partial charge in [0.25, 0.3) is 0 Å². The molecule has 0 radical (unpaired) electrons. The monoisotopic (exact) mass is 706 g/mol. The molecule has 252 valence electrons. The quantitative estimate of drug-likeness (QED) is 0.179. The lowest BCUT2D eigenvalue weighted by molar-refractivity contribution is 1.08. The molecule has 0 amide bonds. The Balaban J connectivity index is 1.11. The highest BCUT2D eigenvalue weighted by Crippen LogP contribution is 2.41. The van der Waals surface area contributed by atoms with E-state index in [1.807, 2.05) is 6.07 Å². The fourth-order valence-electron chi connectivity index (χ4n) is 7.95. The summed E-state index contributed by atoms with van der Waals surface area (Å²) in [6, 6.07) is 64.4. The van der Waals surface area contributed by atoms with Crippen molar-refractivity contribution in [2.75, 3.05) is 0 Å². The van der Waals surface area contributed by atoms with Crippen LogP contribution in [-0.2, 0) is 0 Å². The van der Waals surface area contributed by atoms with Gasteiger partial charge in [0.1, 0.15) is 0 Å². The van der Waals surface area contributed by atoms with E-state index < -0.39 is 0 Å². The third-order valence-electron chi connectivity index (χ3n) is 10.5. The molecule has 0 bridgehead atoms. The Morgan fingerprint density at radius 2 is 0.981 bits per heavy atom. The number of benzene rings is 8. The standard InChI is InChI=1S/C49H30N4S/c1-2-13-31(14-3-1)36-17-6-7-19-38(36)48-50-47(51-49(52-48)40-21-12-24-45-46(40)39-20-9-11-23-44(39)54-45)32-25-27-35(28-26-32)53-42-22-10-8-18-37(42)41-29-33-15-4-5-16-34(33)30-43(41)53/h1-30H. The summed E-state index contributed by atoms with van der Waals surface area (Å²) in [5, 5.41) is 7.33. The van der Waals surface area contributed by atoms with Crippen LogP contribution in [0.4, 0.5) is 0 Å². The molecule has 8 aromatic carbocycles. The third-order valence-corrected chi connectivity index (χ3v) is 11.6. The predicted molar refractivity (Wildman–Crippen MR) is 226 cm³/mol. The van der Waals surface area contributed by atoms with Crippen molar-refractivity contribution in [3.63, 3.8) is 0 Å². The Morgan fingerprint density at radius 1 is 0.370 bits per heavy atom. The van der Waals surface area contributed by atoms with E-state index in [-0.39, 0.29) is 0 Å². The summed E-state index contributed by atoms with van der Waals surface area (Å²) in [7, 11) is 0. The lowest BCUT2D eigenvalue weighted by Gasteiger charge is -2.13. The van der Waals surface area contributed by atoms with Crippen LogP contribution in [0.3, 0.4) is 0 Å². The maximum absolute atomic E-state index is 5.25. The van der Waals surface area contributed by atoms with Gasteiger partial charge in [0.2, 0.25) is 0 Å². The zero-order valence-electron chi connectivity index (χ0n) is 29.0. The van der Waals surface area contributed by atoms with E-state index in [9.17, 15) is 0 Å². The van der Waals surface area contributed by atoms with Crippen molar-refractivity contribution in [3.8, 4) is 51.0 Å². The second-order valence-corrected chi connectivity index (χ2v) is 14.7. The molecule has 0 unspecified atom stereocenters. The molecular formula is C49H30N4S. The van der Waals surface area contributed by atoms with E-state index in [4.69, 9.17) is 15.0 Å².